The van der Waals surface area contributed by atoms with E-state index in [0.29, 0.717) is 17.7 Å². The van der Waals surface area contributed by atoms with Crippen molar-refractivity contribution in [1.29, 1.82) is 0 Å². The van der Waals surface area contributed by atoms with Gasteiger partial charge in [0.2, 0.25) is 0 Å². The lowest BCUT2D eigenvalue weighted by molar-refractivity contribution is 0.0284. The third kappa shape index (κ3) is 7.16. The first-order valence-corrected chi connectivity index (χ1v) is 9.10. The SMILES string of the molecule is CCCCCCCOC(=O)c1cccc(C(=O)OC(CC)CC)c1. The first kappa shape index (κ1) is 20.2. The van der Waals surface area contributed by atoms with Gasteiger partial charge in [0.15, 0.2) is 0 Å². The molecule has 0 spiro atoms. The molecule has 0 saturated carbocycles. The Kier molecular flexibility index (Phi) is 9.81. The van der Waals surface area contributed by atoms with Gasteiger partial charge in [-0.15, -0.1) is 0 Å². The zero-order valence-corrected chi connectivity index (χ0v) is 15.2. The number of ether oxygens (including phenoxy) is 2. The maximum atomic E-state index is 12.1. The monoisotopic (exact) mass is 334 g/mol. The maximum Gasteiger partial charge on any atom is 0.338 e. The summed E-state index contributed by atoms with van der Waals surface area (Å²) in [5.41, 5.74) is 0.779. The van der Waals surface area contributed by atoms with E-state index >= 15 is 0 Å². The minimum atomic E-state index is -0.391. The predicted octanol–water partition coefficient (Wildman–Crippen LogP) is 5.16. The van der Waals surface area contributed by atoms with Gasteiger partial charge in [-0.3, -0.25) is 0 Å². The molecule has 0 atom stereocenters. The van der Waals surface area contributed by atoms with Crippen LogP contribution in [0.3, 0.4) is 0 Å². The van der Waals surface area contributed by atoms with E-state index < -0.39 is 5.97 Å². The van der Waals surface area contributed by atoms with Crippen LogP contribution in [0.15, 0.2) is 24.3 Å². The highest BCUT2D eigenvalue weighted by molar-refractivity contribution is 5.95. The normalized spacial score (nSPS) is 10.7. The van der Waals surface area contributed by atoms with E-state index in [1.807, 2.05) is 13.8 Å². The first-order chi connectivity index (χ1) is 11.6. The van der Waals surface area contributed by atoms with Crippen LogP contribution in [0.25, 0.3) is 0 Å². The van der Waals surface area contributed by atoms with Crippen LogP contribution in [0.1, 0.15) is 86.4 Å². The summed E-state index contributed by atoms with van der Waals surface area (Å²) in [6, 6.07) is 6.55. The van der Waals surface area contributed by atoms with E-state index in [4.69, 9.17) is 9.47 Å². The molecule has 0 aromatic heterocycles. The Morgan fingerprint density at radius 3 is 2.17 bits per heavy atom. The highest BCUT2D eigenvalue weighted by atomic mass is 16.5. The molecular weight excluding hydrogens is 304 g/mol. The quantitative estimate of drug-likeness (QED) is 0.414. The Morgan fingerprint density at radius 2 is 1.54 bits per heavy atom. The summed E-state index contributed by atoms with van der Waals surface area (Å²) >= 11 is 0. The Balaban J connectivity index is 2.51. The van der Waals surface area contributed by atoms with Crippen LogP contribution in [-0.2, 0) is 9.47 Å². The van der Waals surface area contributed by atoms with Crippen LogP contribution in [0, 0.1) is 0 Å². The maximum absolute atomic E-state index is 12.1. The van der Waals surface area contributed by atoms with Crippen molar-refractivity contribution < 1.29 is 19.1 Å². The Labute approximate surface area is 145 Å². The summed E-state index contributed by atoms with van der Waals surface area (Å²) in [6.07, 6.45) is 7.01. The van der Waals surface area contributed by atoms with Crippen molar-refractivity contribution in [3.05, 3.63) is 35.4 Å². The molecule has 134 valence electrons. The van der Waals surface area contributed by atoms with E-state index in [-0.39, 0.29) is 12.1 Å². The third-order valence-electron chi connectivity index (χ3n) is 4.00. The predicted molar refractivity (Wildman–Crippen MR) is 95.3 cm³/mol. The van der Waals surface area contributed by atoms with E-state index in [9.17, 15) is 9.59 Å². The molecule has 0 aliphatic rings. The van der Waals surface area contributed by atoms with E-state index in [2.05, 4.69) is 6.92 Å². The molecule has 24 heavy (non-hydrogen) atoms. The smallest absolute Gasteiger partial charge is 0.338 e. The van der Waals surface area contributed by atoms with Gasteiger partial charge in [-0.2, -0.15) is 0 Å². The molecule has 0 heterocycles. The molecule has 0 aliphatic heterocycles. The zero-order chi connectivity index (χ0) is 17.8. The van der Waals surface area contributed by atoms with Crippen LogP contribution >= 0.6 is 0 Å². The van der Waals surface area contributed by atoms with E-state index in [1.165, 1.54) is 19.3 Å². The second kappa shape index (κ2) is 11.7. The molecule has 1 aromatic rings. The molecular formula is C20H30O4. The third-order valence-corrected chi connectivity index (χ3v) is 4.00. The van der Waals surface area contributed by atoms with Crippen molar-refractivity contribution >= 4 is 11.9 Å². The number of unbranched alkanes of at least 4 members (excludes halogenated alkanes) is 4. The van der Waals surface area contributed by atoms with Crippen LogP contribution in [0.4, 0.5) is 0 Å². The lowest BCUT2D eigenvalue weighted by Gasteiger charge is -2.14. The molecule has 0 aliphatic carbocycles. The molecule has 1 rings (SSSR count). The summed E-state index contributed by atoms with van der Waals surface area (Å²) in [7, 11) is 0. The van der Waals surface area contributed by atoms with E-state index in [0.717, 1.165) is 25.7 Å². The molecule has 0 unspecified atom stereocenters. The molecule has 0 amide bonds. The average Bonchev–Trinajstić information content (AvgIpc) is 2.62. The summed E-state index contributed by atoms with van der Waals surface area (Å²) < 4.78 is 10.7. The van der Waals surface area contributed by atoms with Crippen molar-refractivity contribution in [2.24, 2.45) is 0 Å². The van der Waals surface area contributed by atoms with Gasteiger partial charge in [0, 0.05) is 0 Å². The van der Waals surface area contributed by atoms with Crippen molar-refractivity contribution in [1.82, 2.24) is 0 Å². The summed E-state index contributed by atoms with van der Waals surface area (Å²) in [4.78, 5) is 24.2. The van der Waals surface area contributed by atoms with Crippen molar-refractivity contribution in [3.63, 3.8) is 0 Å². The minimum Gasteiger partial charge on any atom is -0.462 e. The lowest BCUT2D eigenvalue weighted by atomic mass is 10.1. The second-order valence-corrected chi connectivity index (χ2v) is 5.97. The minimum absolute atomic E-state index is 0.0868. The van der Waals surface area contributed by atoms with Crippen LogP contribution in [-0.4, -0.2) is 24.6 Å². The average molecular weight is 334 g/mol. The summed E-state index contributed by atoms with van der Waals surface area (Å²) in [5.74, 6) is -0.777. The Bertz CT molecular complexity index is 506. The number of rotatable bonds is 11. The Morgan fingerprint density at radius 1 is 0.917 bits per heavy atom. The Hall–Kier alpha value is -1.84. The number of hydrogen-bond donors (Lipinski definition) is 0. The number of hydrogen-bond acceptors (Lipinski definition) is 4. The van der Waals surface area contributed by atoms with Crippen molar-refractivity contribution in [2.45, 2.75) is 71.8 Å². The highest BCUT2D eigenvalue weighted by Gasteiger charge is 2.15. The van der Waals surface area contributed by atoms with Crippen molar-refractivity contribution in [3.8, 4) is 0 Å². The molecule has 0 radical (unpaired) electrons. The number of benzene rings is 1. The lowest BCUT2D eigenvalue weighted by Crippen LogP contribution is -2.17. The van der Waals surface area contributed by atoms with E-state index in [1.54, 1.807) is 24.3 Å². The fraction of sp³-hybridized carbons (Fsp3) is 0.600. The van der Waals surface area contributed by atoms with Crippen LogP contribution in [0.5, 0.6) is 0 Å². The van der Waals surface area contributed by atoms with Gasteiger partial charge in [-0.25, -0.2) is 9.59 Å². The molecule has 1 aromatic carbocycles. The molecule has 0 fully saturated rings. The van der Waals surface area contributed by atoms with Gasteiger partial charge in [-0.1, -0.05) is 52.5 Å². The summed E-state index contributed by atoms with van der Waals surface area (Å²) in [6.45, 7) is 6.55. The van der Waals surface area contributed by atoms with Crippen LogP contribution in [0.2, 0.25) is 0 Å². The number of esters is 2. The molecule has 0 N–H and O–H groups in total. The zero-order valence-electron chi connectivity index (χ0n) is 15.2. The number of carbonyl (C=O) groups excluding carboxylic acids is 2. The van der Waals surface area contributed by atoms with Gasteiger partial charge in [-0.05, 0) is 37.5 Å². The van der Waals surface area contributed by atoms with Gasteiger partial charge >= 0.3 is 11.9 Å². The van der Waals surface area contributed by atoms with Gasteiger partial charge in [0.1, 0.15) is 6.10 Å². The van der Waals surface area contributed by atoms with Gasteiger partial charge in [0.05, 0.1) is 17.7 Å². The fourth-order valence-corrected chi connectivity index (χ4v) is 2.40. The van der Waals surface area contributed by atoms with Crippen LogP contribution < -0.4 is 0 Å². The highest BCUT2D eigenvalue weighted by Crippen LogP contribution is 2.12. The fourth-order valence-electron chi connectivity index (χ4n) is 2.40. The largest absolute Gasteiger partial charge is 0.462 e. The molecule has 0 saturated heterocycles. The number of carbonyl (C=O) groups is 2. The molecule has 4 heteroatoms. The molecule has 0 bridgehead atoms. The molecule has 4 nitrogen and oxygen atoms in total. The second-order valence-electron chi connectivity index (χ2n) is 5.97. The van der Waals surface area contributed by atoms with Gasteiger partial charge in [0.25, 0.3) is 0 Å². The summed E-state index contributed by atoms with van der Waals surface area (Å²) in [5, 5.41) is 0. The van der Waals surface area contributed by atoms with Crippen molar-refractivity contribution in [2.75, 3.05) is 6.61 Å². The topological polar surface area (TPSA) is 52.6 Å². The first-order valence-electron chi connectivity index (χ1n) is 9.10. The van der Waals surface area contributed by atoms with Gasteiger partial charge < -0.3 is 9.47 Å². The standard InChI is InChI=1S/C20H30O4/c1-4-7-8-9-10-14-23-19(21)16-12-11-13-17(15-16)20(22)24-18(5-2)6-3/h11-13,15,18H,4-10,14H2,1-3H3.